The first-order valence-corrected chi connectivity index (χ1v) is 4.71. The van der Waals surface area contributed by atoms with Crippen LogP contribution in [-0.4, -0.2) is 17.7 Å². The van der Waals surface area contributed by atoms with E-state index in [1.165, 1.54) is 18.2 Å². The zero-order chi connectivity index (χ0) is 13.9. The van der Waals surface area contributed by atoms with Gasteiger partial charge in [-0.2, -0.15) is 0 Å². The molecule has 0 saturated heterocycles. The maximum absolute atomic E-state index is 12.5. The first-order chi connectivity index (χ1) is 8.31. The predicted molar refractivity (Wildman–Crippen MR) is 62.4 cm³/mol. The largest absolute Gasteiger partial charge is 0.366 e. The number of anilines is 1. The number of halogens is 1. The molecule has 0 atom stereocenters. The first-order valence-electron chi connectivity index (χ1n) is 4.71. The molecule has 0 heterocycles. The Hall–Kier alpha value is -2.70. The topological polar surface area (TPSA) is 115 Å². The van der Waals surface area contributed by atoms with Gasteiger partial charge >= 0.3 is 0 Å². The average molecular weight is 251 g/mol. The van der Waals surface area contributed by atoms with Crippen LogP contribution < -0.4 is 16.8 Å². The molecule has 7 heteroatoms. The number of carbonyl (C=O) groups is 3. The SMILES string of the molecule is C=C(F)C(=O)Nc1cc(C(N)=O)cc(C(N)=O)c1. The Morgan fingerprint density at radius 2 is 1.50 bits per heavy atom. The van der Waals surface area contributed by atoms with E-state index < -0.39 is 23.5 Å². The lowest BCUT2D eigenvalue weighted by Crippen LogP contribution is -2.18. The molecule has 0 aliphatic carbocycles. The molecule has 0 fully saturated rings. The molecule has 0 unspecified atom stereocenters. The molecule has 0 bridgehead atoms. The van der Waals surface area contributed by atoms with Crippen LogP contribution in [0.5, 0.6) is 0 Å². The molecule has 0 aromatic heterocycles. The molecular formula is C11H10FN3O3. The highest BCUT2D eigenvalue weighted by molar-refractivity contribution is 6.05. The van der Waals surface area contributed by atoms with E-state index in [-0.39, 0.29) is 16.8 Å². The zero-order valence-corrected chi connectivity index (χ0v) is 9.20. The lowest BCUT2D eigenvalue weighted by Gasteiger charge is -2.07. The van der Waals surface area contributed by atoms with Gasteiger partial charge in [-0.1, -0.05) is 6.58 Å². The zero-order valence-electron chi connectivity index (χ0n) is 9.20. The van der Waals surface area contributed by atoms with Crippen LogP contribution in [0.15, 0.2) is 30.6 Å². The standard InChI is InChI=1S/C11H10FN3O3/c1-5(12)11(18)15-8-3-6(9(13)16)2-7(4-8)10(14)17/h2-4H,1H2,(H2,13,16)(H2,14,17)(H,15,18). The van der Waals surface area contributed by atoms with Crippen molar-refractivity contribution in [2.24, 2.45) is 11.5 Å². The molecule has 5 N–H and O–H groups in total. The number of nitrogens with two attached hydrogens (primary N) is 2. The van der Waals surface area contributed by atoms with E-state index in [4.69, 9.17) is 11.5 Å². The minimum atomic E-state index is -1.21. The number of hydrogen-bond acceptors (Lipinski definition) is 3. The lowest BCUT2D eigenvalue weighted by molar-refractivity contribution is -0.114. The summed E-state index contributed by atoms with van der Waals surface area (Å²) >= 11 is 0. The molecule has 1 aromatic rings. The van der Waals surface area contributed by atoms with Gasteiger partial charge in [0.25, 0.3) is 5.91 Å². The molecular weight excluding hydrogens is 241 g/mol. The molecule has 3 amide bonds. The number of amides is 3. The van der Waals surface area contributed by atoms with Gasteiger partial charge in [0.15, 0.2) is 5.83 Å². The molecule has 0 saturated carbocycles. The molecule has 94 valence electrons. The lowest BCUT2D eigenvalue weighted by atomic mass is 10.1. The fourth-order valence-electron chi connectivity index (χ4n) is 1.18. The highest BCUT2D eigenvalue weighted by atomic mass is 19.1. The minimum absolute atomic E-state index is 0.0175. The summed E-state index contributed by atoms with van der Waals surface area (Å²) in [5.41, 5.74) is 10.0. The molecule has 0 aliphatic rings. The van der Waals surface area contributed by atoms with Gasteiger partial charge < -0.3 is 16.8 Å². The highest BCUT2D eigenvalue weighted by Crippen LogP contribution is 2.15. The molecule has 0 radical (unpaired) electrons. The second-order valence-corrected chi connectivity index (χ2v) is 3.39. The molecule has 0 aliphatic heterocycles. The summed E-state index contributed by atoms with van der Waals surface area (Å²) in [5.74, 6) is -3.92. The van der Waals surface area contributed by atoms with E-state index in [0.29, 0.717) is 0 Å². The van der Waals surface area contributed by atoms with Crippen molar-refractivity contribution < 1.29 is 18.8 Å². The van der Waals surface area contributed by atoms with Crippen LogP contribution in [0.4, 0.5) is 10.1 Å². The monoisotopic (exact) mass is 251 g/mol. The van der Waals surface area contributed by atoms with E-state index in [2.05, 4.69) is 11.9 Å². The van der Waals surface area contributed by atoms with Crippen molar-refractivity contribution in [2.75, 3.05) is 5.32 Å². The van der Waals surface area contributed by atoms with Crippen LogP contribution in [0.2, 0.25) is 0 Å². The summed E-state index contributed by atoms with van der Waals surface area (Å²) in [4.78, 5) is 33.1. The summed E-state index contributed by atoms with van der Waals surface area (Å²) < 4.78 is 12.5. The summed E-state index contributed by atoms with van der Waals surface area (Å²) in [5, 5.41) is 2.10. The van der Waals surface area contributed by atoms with Crippen molar-refractivity contribution in [2.45, 2.75) is 0 Å². The molecule has 18 heavy (non-hydrogen) atoms. The maximum atomic E-state index is 12.5. The summed E-state index contributed by atoms with van der Waals surface area (Å²) in [6.07, 6.45) is 0. The number of carbonyl (C=O) groups excluding carboxylic acids is 3. The summed E-state index contributed by atoms with van der Waals surface area (Å²) in [7, 11) is 0. The van der Waals surface area contributed by atoms with Crippen LogP contribution in [0.25, 0.3) is 0 Å². The second-order valence-electron chi connectivity index (χ2n) is 3.39. The highest BCUT2D eigenvalue weighted by Gasteiger charge is 2.12. The quantitative estimate of drug-likeness (QED) is 0.668. The van der Waals surface area contributed by atoms with Gasteiger partial charge in [-0.25, -0.2) is 4.39 Å². The third-order valence-corrected chi connectivity index (χ3v) is 2.01. The van der Waals surface area contributed by atoms with Crippen molar-refractivity contribution in [3.8, 4) is 0 Å². The van der Waals surface area contributed by atoms with Gasteiger partial charge in [-0.3, -0.25) is 14.4 Å². The third kappa shape index (κ3) is 3.14. The van der Waals surface area contributed by atoms with Crippen molar-refractivity contribution in [3.05, 3.63) is 41.7 Å². The Balaban J connectivity index is 3.19. The Labute approximate surface area is 101 Å². The van der Waals surface area contributed by atoms with Crippen LogP contribution in [0.3, 0.4) is 0 Å². The van der Waals surface area contributed by atoms with Crippen LogP contribution in [-0.2, 0) is 4.79 Å². The van der Waals surface area contributed by atoms with Crippen LogP contribution in [0.1, 0.15) is 20.7 Å². The minimum Gasteiger partial charge on any atom is -0.366 e. The number of nitrogens with one attached hydrogen (secondary N) is 1. The van der Waals surface area contributed by atoms with E-state index >= 15 is 0 Å². The van der Waals surface area contributed by atoms with Crippen LogP contribution in [0, 0.1) is 0 Å². The predicted octanol–water partition coefficient (Wildman–Crippen LogP) is 0.306. The van der Waals surface area contributed by atoms with Gasteiger partial charge in [-0.15, -0.1) is 0 Å². The number of hydrogen-bond donors (Lipinski definition) is 3. The van der Waals surface area contributed by atoms with Crippen molar-refractivity contribution in [1.82, 2.24) is 0 Å². The molecule has 1 aromatic carbocycles. The maximum Gasteiger partial charge on any atom is 0.283 e. The van der Waals surface area contributed by atoms with E-state index in [9.17, 15) is 18.8 Å². The third-order valence-electron chi connectivity index (χ3n) is 2.01. The summed E-state index contributed by atoms with van der Waals surface area (Å²) in [6, 6.07) is 3.55. The van der Waals surface area contributed by atoms with Crippen molar-refractivity contribution >= 4 is 23.4 Å². The van der Waals surface area contributed by atoms with Crippen LogP contribution >= 0.6 is 0 Å². The fraction of sp³-hybridized carbons (Fsp3) is 0. The van der Waals surface area contributed by atoms with E-state index in [1.54, 1.807) is 0 Å². The average Bonchev–Trinajstić information content (AvgIpc) is 2.28. The van der Waals surface area contributed by atoms with E-state index in [1.807, 2.05) is 0 Å². The smallest absolute Gasteiger partial charge is 0.283 e. The molecule has 1 rings (SSSR count). The first kappa shape index (κ1) is 13.4. The number of primary amides is 2. The Kier molecular flexibility index (Phi) is 3.78. The number of benzene rings is 1. The van der Waals surface area contributed by atoms with Gasteiger partial charge in [-0.05, 0) is 18.2 Å². The van der Waals surface area contributed by atoms with Crippen molar-refractivity contribution in [3.63, 3.8) is 0 Å². The van der Waals surface area contributed by atoms with Gasteiger partial charge in [0.05, 0.1) is 0 Å². The Morgan fingerprint density at radius 3 is 1.83 bits per heavy atom. The normalized spacial score (nSPS) is 9.61. The number of rotatable bonds is 4. The second kappa shape index (κ2) is 5.09. The van der Waals surface area contributed by atoms with Gasteiger partial charge in [0.1, 0.15) is 0 Å². The summed E-state index contributed by atoms with van der Waals surface area (Å²) in [6.45, 7) is 2.80. The fourth-order valence-corrected chi connectivity index (χ4v) is 1.18. The molecule has 0 spiro atoms. The Morgan fingerprint density at radius 1 is 1.06 bits per heavy atom. The van der Waals surface area contributed by atoms with Crippen molar-refractivity contribution in [1.29, 1.82) is 0 Å². The Bertz CT molecular complexity index is 522. The molecule has 6 nitrogen and oxygen atoms in total. The van der Waals surface area contributed by atoms with Gasteiger partial charge in [0.2, 0.25) is 11.8 Å². The van der Waals surface area contributed by atoms with Gasteiger partial charge in [0, 0.05) is 16.8 Å². The van der Waals surface area contributed by atoms with E-state index in [0.717, 1.165) is 0 Å².